The summed E-state index contributed by atoms with van der Waals surface area (Å²) in [6.07, 6.45) is 3.05. The maximum atomic E-state index is 11.7. The fourth-order valence-electron chi connectivity index (χ4n) is 2.80. The van der Waals surface area contributed by atoms with E-state index in [-0.39, 0.29) is 36.5 Å². The van der Waals surface area contributed by atoms with Gasteiger partial charge in [0.05, 0.1) is 0 Å². The number of thioether (sulfide) groups is 1. The molecule has 0 aliphatic heterocycles. The third-order valence-electron chi connectivity index (χ3n) is 4.57. The Balaban J connectivity index is 0.00000341. The molecule has 1 aliphatic carbocycles. The van der Waals surface area contributed by atoms with E-state index in [2.05, 4.69) is 45.2 Å². The predicted molar refractivity (Wildman–Crippen MR) is 139 cm³/mol. The zero-order chi connectivity index (χ0) is 21.0. The zero-order valence-electron chi connectivity index (χ0n) is 17.8. The first-order chi connectivity index (χ1) is 14.7. The summed E-state index contributed by atoms with van der Waals surface area (Å²) in [4.78, 5) is 17.2. The molecule has 0 heterocycles. The third-order valence-corrected chi connectivity index (χ3v) is 5.59. The number of guanidine groups is 1. The van der Waals surface area contributed by atoms with Crippen molar-refractivity contribution in [2.75, 3.05) is 32.5 Å². The van der Waals surface area contributed by atoms with Crippen LogP contribution in [0, 0.1) is 0 Å². The lowest BCUT2D eigenvalue weighted by molar-refractivity contribution is -0.123. The first-order valence-electron chi connectivity index (χ1n) is 10.4. The highest BCUT2D eigenvalue weighted by Crippen LogP contribution is 2.18. The van der Waals surface area contributed by atoms with Gasteiger partial charge in [-0.2, -0.15) is 0 Å². The van der Waals surface area contributed by atoms with Gasteiger partial charge >= 0.3 is 0 Å². The molecular formula is C23H31IN4O2S. The van der Waals surface area contributed by atoms with E-state index in [1.165, 1.54) is 10.5 Å². The lowest BCUT2D eigenvalue weighted by Crippen LogP contribution is -2.39. The maximum Gasteiger partial charge on any atom is 0.258 e. The van der Waals surface area contributed by atoms with E-state index in [9.17, 15) is 4.79 Å². The molecule has 0 atom stereocenters. The Morgan fingerprint density at radius 2 is 1.77 bits per heavy atom. The molecule has 8 heteroatoms. The molecule has 3 N–H and O–H groups in total. The number of nitrogens with zero attached hydrogens (tertiary/aromatic N) is 1. The van der Waals surface area contributed by atoms with Gasteiger partial charge in [0.2, 0.25) is 0 Å². The number of ether oxygens (including phenoxy) is 1. The van der Waals surface area contributed by atoms with Gasteiger partial charge in [-0.1, -0.05) is 30.3 Å². The van der Waals surface area contributed by atoms with Crippen LogP contribution in [0.1, 0.15) is 18.4 Å². The van der Waals surface area contributed by atoms with Crippen LogP contribution in [-0.4, -0.2) is 50.4 Å². The topological polar surface area (TPSA) is 74.8 Å². The molecule has 0 spiro atoms. The summed E-state index contributed by atoms with van der Waals surface area (Å²) in [5.74, 6) is 2.45. The normalized spacial score (nSPS) is 13.1. The molecule has 31 heavy (non-hydrogen) atoms. The SMILES string of the molecule is CN=C(NCCSc1ccccc1)NCCc1ccc(OCC(=O)NC2CC2)cc1.I. The minimum Gasteiger partial charge on any atom is -0.484 e. The first-order valence-corrected chi connectivity index (χ1v) is 11.3. The van der Waals surface area contributed by atoms with Crippen LogP contribution >= 0.6 is 35.7 Å². The molecule has 0 unspecified atom stereocenters. The van der Waals surface area contributed by atoms with Gasteiger partial charge in [0.25, 0.3) is 5.91 Å². The Bertz CT molecular complexity index is 814. The van der Waals surface area contributed by atoms with Crippen molar-refractivity contribution in [3.63, 3.8) is 0 Å². The molecule has 0 bridgehead atoms. The Labute approximate surface area is 206 Å². The van der Waals surface area contributed by atoms with Crippen LogP contribution in [0.4, 0.5) is 0 Å². The molecule has 0 aromatic heterocycles. The summed E-state index contributed by atoms with van der Waals surface area (Å²) >= 11 is 1.82. The molecule has 2 aromatic carbocycles. The number of benzene rings is 2. The highest BCUT2D eigenvalue weighted by molar-refractivity contribution is 14.0. The maximum absolute atomic E-state index is 11.7. The van der Waals surface area contributed by atoms with E-state index in [0.717, 1.165) is 44.1 Å². The van der Waals surface area contributed by atoms with E-state index in [0.29, 0.717) is 11.8 Å². The number of rotatable bonds is 11. The summed E-state index contributed by atoms with van der Waals surface area (Å²) in [6, 6.07) is 18.6. The number of hydrogen-bond donors (Lipinski definition) is 3. The van der Waals surface area contributed by atoms with Crippen molar-refractivity contribution in [2.45, 2.75) is 30.2 Å². The van der Waals surface area contributed by atoms with Crippen LogP contribution in [0.25, 0.3) is 0 Å². The van der Waals surface area contributed by atoms with Gasteiger partial charge in [0.15, 0.2) is 12.6 Å². The lowest BCUT2D eigenvalue weighted by atomic mass is 10.1. The predicted octanol–water partition coefficient (Wildman–Crippen LogP) is 3.46. The standard InChI is InChI=1S/C23H30N4O2S.HI/c1-24-23(26-15-16-30-21-5-3-2-4-6-21)25-14-13-18-7-11-20(12-8-18)29-17-22(28)27-19-9-10-19;/h2-8,11-12,19H,9-10,13-17H2,1H3,(H,27,28)(H2,24,25,26);1H. The minimum absolute atomic E-state index is 0. The van der Waals surface area contributed by atoms with Crippen molar-refractivity contribution in [3.8, 4) is 5.75 Å². The van der Waals surface area contributed by atoms with Gasteiger partial charge < -0.3 is 20.7 Å². The zero-order valence-corrected chi connectivity index (χ0v) is 21.0. The minimum atomic E-state index is -0.0492. The van der Waals surface area contributed by atoms with Crippen LogP contribution in [0.5, 0.6) is 5.75 Å². The average Bonchev–Trinajstić information content (AvgIpc) is 3.59. The molecule has 6 nitrogen and oxygen atoms in total. The smallest absolute Gasteiger partial charge is 0.258 e. The van der Waals surface area contributed by atoms with Gasteiger partial charge in [-0.3, -0.25) is 9.79 Å². The summed E-state index contributed by atoms with van der Waals surface area (Å²) in [6.45, 7) is 1.71. The number of hydrogen-bond acceptors (Lipinski definition) is 4. The number of amides is 1. The Hall–Kier alpha value is -1.94. The van der Waals surface area contributed by atoms with Gasteiger partial charge in [-0.15, -0.1) is 35.7 Å². The van der Waals surface area contributed by atoms with Gasteiger partial charge in [0.1, 0.15) is 5.75 Å². The second-order valence-corrected chi connectivity index (χ2v) is 8.28. The Kier molecular flexibility index (Phi) is 11.6. The third kappa shape index (κ3) is 10.3. The van der Waals surface area contributed by atoms with Crippen molar-refractivity contribution in [3.05, 3.63) is 60.2 Å². The number of aliphatic imine (C=N–C) groups is 1. The lowest BCUT2D eigenvalue weighted by Gasteiger charge is -2.12. The summed E-state index contributed by atoms with van der Waals surface area (Å²) in [5.41, 5.74) is 1.20. The molecule has 1 aliphatic rings. The summed E-state index contributed by atoms with van der Waals surface area (Å²) in [7, 11) is 1.78. The van der Waals surface area contributed by atoms with Crippen LogP contribution in [0.3, 0.4) is 0 Å². The molecule has 1 saturated carbocycles. The molecule has 3 rings (SSSR count). The Morgan fingerprint density at radius 1 is 1.06 bits per heavy atom. The number of halogens is 1. The van der Waals surface area contributed by atoms with E-state index >= 15 is 0 Å². The highest BCUT2D eigenvalue weighted by atomic mass is 127. The van der Waals surface area contributed by atoms with Crippen molar-refractivity contribution in [1.29, 1.82) is 0 Å². The molecule has 1 amide bonds. The monoisotopic (exact) mass is 554 g/mol. The molecule has 168 valence electrons. The van der Waals surface area contributed by atoms with Crippen molar-refractivity contribution in [2.24, 2.45) is 4.99 Å². The van der Waals surface area contributed by atoms with E-state index < -0.39 is 0 Å². The van der Waals surface area contributed by atoms with Gasteiger partial charge in [-0.25, -0.2) is 0 Å². The van der Waals surface area contributed by atoms with Crippen molar-refractivity contribution in [1.82, 2.24) is 16.0 Å². The van der Waals surface area contributed by atoms with E-state index in [1.807, 2.05) is 42.1 Å². The van der Waals surface area contributed by atoms with Crippen LogP contribution in [0.15, 0.2) is 64.5 Å². The Morgan fingerprint density at radius 3 is 2.45 bits per heavy atom. The fraction of sp³-hybridized carbons (Fsp3) is 0.391. The quantitative estimate of drug-likeness (QED) is 0.131. The summed E-state index contributed by atoms with van der Waals surface area (Å²) < 4.78 is 5.54. The van der Waals surface area contributed by atoms with E-state index in [1.54, 1.807) is 7.05 Å². The second kappa shape index (κ2) is 14.2. The molecule has 1 fully saturated rings. The first kappa shape index (κ1) is 25.3. The van der Waals surface area contributed by atoms with Crippen molar-refractivity contribution < 1.29 is 9.53 Å². The highest BCUT2D eigenvalue weighted by Gasteiger charge is 2.23. The van der Waals surface area contributed by atoms with Crippen LogP contribution < -0.4 is 20.7 Å². The van der Waals surface area contributed by atoms with E-state index in [4.69, 9.17) is 4.74 Å². The molecular weight excluding hydrogens is 523 g/mol. The number of nitrogens with one attached hydrogen (secondary N) is 3. The molecule has 0 saturated heterocycles. The van der Waals surface area contributed by atoms with Gasteiger partial charge in [0, 0.05) is 36.8 Å². The average molecular weight is 554 g/mol. The van der Waals surface area contributed by atoms with Crippen LogP contribution in [-0.2, 0) is 11.2 Å². The van der Waals surface area contributed by atoms with Crippen molar-refractivity contribution >= 4 is 47.6 Å². The largest absolute Gasteiger partial charge is 0.484 e. The molecule has 2 aromatic rings. The number of carbonyl (C=O) groups excluding carboxylic acids is 1. The molecule has 0 radical (unpaired) electrons. The second-order valence-electron chi connectivity index (χ2n) is 7.11. The fourth-order valence-corrected chi connectivity index (χ4v) is 3.59. The van der Waals surface area contributed by atoms with Crippen LogP contribution in [0.2, 0.25) is 0 Å². The summed E-state index contributed by atoms with van der Waals surface area (Å²) in [5, 5.41) is 9.60. The number of carbonyl (C=O) groups is 1. The van der Waals surface area contributed by atoms with Gasteiger partial charge in [-0.05, 0) is 49.1 Å².